The highest BCUT2D eigenvalue weighted by molar-refractivity contribution is 9.10. The van der Waals surface area contributed by atoms with Gasteiger partial charge >= 0.3 is 0 Å². The highest BCUT2D eigenvalue weighted by atomic mass is 79.9. The molecule has 17 heavy (non-hydrogen) atoms. The number of nitriles is 1. The third-order valence-corrected chi connectivity index (χ3v) is 3.26. The van der Waals surface area contributed by atoms with Gasteiger partial charge in [-0.15, -0.1) is 0 Å². The van der Waals surface area contributed by atoms with Crippen LogP contribution in [0.2, 0.25) is 0 Å². The highest BCUT2D eigenvalue weighted by Gasteiger charge is 2.28. The largest absolute Gasteiger partial charge is 0.365 e. The van der Waals surface area contributed by atoms with E-state index in [0.29, 0.717) is 13.0 Å². The summed E-state index contributed by atoms with van der Waals surface area (Å²) >= 11 is 3.42. The van der Waals surface area contributed by atoms with Crippen LogP contribution >= 0.6 is 15.9 Å². The summed E-state index contributed by atoms with van der Waals surface area (Å²) in [5, 5.41) is 8.65. The van der Waals surface area contributed by atoms with Crippen LogP contribution in [0.5, 0.6) is 0 Å². The van der Waals surface area contributed by atoms with Gasteiger partial charge in [0.15, 0.2) is 0 Å². The first-order valence-electron chi connectivity index (χ1n) is 5.26. The molecule has 0 spiro atoms. The van der Waals surface area contributed by atoms with Crippen molar-refractivity contribution in [3.8, 4) is 6.07 Å². The maximum Gasteiger partial charge on any atom is 0.253 e. The van der Waals surface area contributed by atoms with Crippen LogP contribution in [0.15, 0.2) is 28.7 Å². The summed E-state index contributed by atoms with van der Waals surface area (Å²) in [6.07, 6.45) is 0.0960. The predicted octanol–water partition coefficient (Wildman–Crippen LogP) is 2.09. The molecule has 1 amide bonds. The molecule has 5 heteroatoms. The van der Waals surface area contributed by atoms with Crippen molar-refractivity contribution in [3.63, 3.8) is 0 Å². The van der Waals surface area contributed by atoms with E-state index in [1.54, 1.807) is 4.90 Å². The molecule has 1 unspecified atom stereocenters. The zero-order valence-electron chi connectivity index (χ0n) is 9.10. The van der Waals surface area contributed by atoms with Gasteiger partial charge in [-0.25, -0.2) is 0 Å². The first-order valence-corrected chi connectivity index (χ1v) is 6.05. The zero-order valence-corrected chi connectivity index (χ0v) is 10.7. The fourth-order valence-corrected chi connectivity index (χ4v) is 2.25. The van der Waals surface area contributed by atoms with E-state index in [0.717, 1.165) is 10.2 Å². The molecule has 88 valence electrons. The minimum absolute atomic E-state index is 0.0354. The second kappa shape index (κ2) is 5.30. The van der Waals surface area contributed by atoms with Gasteiger partial charge < -0.3 is 9.64 Å². The third-order valence-electron chi connectivity index (χ3n) is 2.59. The molecular weight excluding hydrogens is 284 g/mol. The lowest BCUT2D eigenvalue weighted by Crippen LogP contribution is -2.46. The van der Waals surface area contributed by atoms with E-state index in [9.17, 15) is 4.79 Å². The smallest absolute Gasteiger partial charge is 0.253 e. The van der Waals surface area contributed by atoms with Gasteiger partial charge in [-0.3, -0.25) is 4.79 Å². The van der Waals surface area contributed by atoms with E-state index < -0.39 is 0 Å². The van der Waals surface area contributed by atoms with Gasteiger partial charge in [-0.05, 0) is 28.1 Å². The second-order valence-electron chi connectivity index (χ2n) is 3.75. The molecule has 1 heterocycles. The van der Waals surface area contributed by atoms with E-state index in [2.05, 4.69) is 22.0 Å². The van der Waals surface area contributed by atoms with E-state index in [1.807, 2.05) is 24.3 Å². The van der Waals surface area contributed by atoms with Crippen LogP contribution in [0.1, 0.15) is 6.42 Å². The van der Waals surface area contributed by atoms with Crippen molar-refractivity contribution < 1.29 is 9.53 Å². The van der Waals surface area contributed by atoms with Crippen LogP contribution in [0.3, 0.4) is 0 Å². The lowest BCUT2D eigenvalue weighted by molar-refractivity contribution is -0.129. The lowest BCUT2D eigenvalue weighted by Gasteiger charge is -2.32. The van der Waals surface area contributed by atoms with Crippen LogP contribution in [0.25, 0.3) is 0 Å². The van der Waals surface area contributed by atoms with Crippen LogP contribution in [0, 0.1) is 11.3 Å². The summed E-state index contributed by atoms with van der Waals surface area (Å²) in [5.41, 5.74) is 0.823. The Labute approximate surface area is 108 Å². The number of ether oxygens (including phenoxy) is 1. The molecule has 0 saturated carbocycles. The Kier molecular flexibility index (Phi) is 3.77. The topological polar surface area (TPSA) is 53.3 Å². The number of rotatable bonds is 2. The van der Waals surface area contributed by atoms with E-state index in [4.69, 9.17) is 10.00 Å². The number of benzene rings is 1. The SMILES string of the molecule is N#CCC1CN(c2ccccc2Br)C(=O)CO1. The number of amides is 1. The standard InChI is InChI=1S/C12H11BrN2O2/c13-10-3-1-2-4-11(10)15-7-9(5-6-14)17-8-12(15)16/h1-4,9H,5,7-8H2. The first kappa shape index (κ1) is 12.1. The molecule has 1 aliphatic rings. The normalized spacial score (nSPS) is 20.1. The maximum absolute atomic E-state index is 11.8. The number of morpholine rings is 1. The fourth-order valence-electron chi connectivity index (χ4n) is 1.75. The van der Waals surface area contributed by atoms with Crippen molar-refractivity contribution in [3.05, 3.63) is 28.7 Å². The molecule has 1 aromatic carbocycles. The molecule has 4 nitrogen and oxygen atoms in total. The molecule has 0 bridgehead atoms. The fraction of sp³-hybridized carbons (Fsp3) is 0.333. The molecule has 1 aliphatic heterocycles. The molecule has 2 rings (SSSR count). The predicted molar refractivity (Wildman–Crippen MR) is 66.5 cm³/mol. The Morgan fingerprint density at radius 2 is 2.29 bits per heavy atom. The molecule has 0 aliphatic carbocycles. The van der Waals surface area contributed by atoms with Gasteiger partial charge in [0, 0.05) is 4.47 Å². The number of halogens is 1. The van der Waals surface area contributed by atoms with Crippen LogP contribution < -0.4 is 4.90 Å². The number of carbonyl (C=O) groups is 1. The summed E-state index contributed by atoms with van der Waals surface area (Å²) in [4.78, 5) is 13.5. The zero-order chi connectivity index (χ0) is 12.3. The number of nitrogens with zero attached hydrogens (tertiary/aromatic N) is 2. The average molecular weight is 295 g/mol. The summed E-state index contributed by atoms with van der Waals surface area (Å²) in [7, 11) is 0. The molecule has 0 aromatic heterocycles. The van der Waals surface area contributed by atoms with Gasteiger partial charge in [-0.2, -0.15) is 5.26 Å². The van der Waals surface area contributed by atoms with E-state index in [1.165, 1.54) is 0 Å². The molecule has 1 aromatic rings. The number of hydrogen-bond acceptors (Lipinski definition) is 3. The van der Waals surface area contributed by atoms with E-state index >= 15 is 0 Å². The molecule has 1 saturated heterocycles. The van der Waals surface area contributed by atoms with Crippen molar-refractivity contribution in [2.24, 2.45) is 0 Å². The Balaban J connectivity index is 2.22. The van der Waals surface area contributed by atoms with Crippen molar-refractivity contribution in [1.29, 1.82) is 5.26 Å². The highest BCUT2D eigenvalue weighted by Crippen LogP contribution is 2.27. The Morgan fingerprint density at radius 1 is 1.53 bits per heavy atom. The summed E-state index contributed by atoms with van der Waals surface area (Å²) in [6, 6.07) is 9.59. The quantitative estimate of drug-likeness (QED) is 0.839. The van der Waals surface area contributed by atoms with Crippen molar-refractivity contribution in [2.45, 2.75) is 12.5 Å². The van der Waals surface area contributed by atoms with Crippen LogP contribution in [0.4, 0.5) is 5.69 Å². The van der Waals surface area contributed by atoms with Gasteiger partial charge in [0.05, 0.1) is 30.8 Å². The second-order valence-corrected chi connectivity index (χ2v) is 4.61. The van der Waals surface area contributed by atoms with Gasteiger partial charge in [0.2, 0.25) is 0 Å². The van der Waals surface area contributed by atoms with Gasteiger partial charge in [0.25, 0.3) is 5.91 Å². The van der Waals surface area contributed by atoms with Crippen molar-refractivity contribution in [1.82, 2.24) is 0 Å². The molecule has 0 radical (unpaired) electrons. The Morgan fingerprint density at radius 3 is 3.00 bits per heavy atom. The summed E-state index contributed by atoms with van der Waals surface area (Å²) in [5.74, 6) is -0.0777. The maximum atomic E-state index is 11.8. The summed E-state index contributed by atoms with van der Waals surface area (Å²) in [6.45, 7) is 0.461. The minimum atomic E-state index is -0.204. The lowest BCUT2D eigenvalue weighted by atomic mass is 10.2. The number of anilines is 1. The monoisotopic (exact) mass is 294 g/mol. The minimum Gasteiger partial charge on any atom is -0.365 e. The summed E-state index contributed by atoms with van der Waals surface area (Å²) < 4.78 is 6.16. The average Bonchev–Trinajstić information content (AvgIpc) is 2.33. The van der Waals surface area contributed by atoms with Crippen LogP contribution in [-0.2, 0) is 9.53 Å². The first-order chi connectivity index (χ1) is 8.22. The Bertz CT molecular complexity index is 470. The van der Waals surface area contributed by atoms with Gasteiger partial charge in [0.1, 0.15) is 6.61 Å². The third kappa shape index (κ3) is 2.65. The molecular formula is C12H11BrN2O2. The molecule has 1 fully saturated rings. The number of hydrogen-bond donors (Lipinski definition) is 0. The van der Waals surface area contributed by atoms with E-state index in [-0.39, 0.29) is 18.6 Å². The van der Waals surface area contributed by atoms with Crippen molar-refractivity contribution in [2.75, 3.05) is 18.1 Å². The molecule has 1 atom stereocenters. The number of para-hydroxylation sites is 1. The Hall–Kier alpha value is -1.38. The molecule has 0 N–H and O–H groups in total. The van der Waals surface area contributed by atoms with Crippen molar-refractivity contribution >= 4 is 27.5 Å². The number of carbonyl (C=O) groups excluding carboxylic acids is 1. The van der Waals surface area contributed by atoms with Gasteiger partial charge in [-0.1, -0.05) is 12.1 Å². The van der Waals surface area contributed by atoms with Crippen LogP contribution in [-0.4, -0.2) is 25.2 Å².